The van der Waals surface area contributed by atoms with E-state index in [4.69, 9.17) is 5.11 Å². The molecule has 116 valence electrons. The molecule has 1 aromatic rings. The lowest BCUT2D eigenvalue weighted by molar-refractivity contribution is 0.158. The molecule has 2 fully saturated rings. The van der Waals surface area contributed by atoms with Crippen LogP contribution in [0.3, 0.4) is 0 Å². The van der Waals surface area contributed by atoms with Gasteiger partial charge in [-0.15, -0.1) is 0 Å². The summed E-state index contributed by atoms with van der Waals surface area (Å²) >= 11 is 0. The minimum atomic E-state index is 0.284. The molecule has 0 bridgehead atoms. The summed E-state index contributed by atoms with van der Waals surface area (Å²) in [6, 6.07) is 12.5. The molecular weight excluding hydrogens is 260 g/mol. The third-order valence-corrected chi connectivity index (χ3v) is 5.11. The van der Waals surface area contributed by atoms with E-state index < -0.39 is 0 Å². The van der Waals surface area contributed by atoms with Gasteiger partial charge in [-0.25, -0.2) is 0 Å². The number of nitrogens with zero attached hydrogens (tertiary/aromatic N) is 1. The largest absolute Gasteiger partial charge is 0.396 e. The number of aliphatic hydroxyl groups excluding tert-OH is 1. The quantitative estimate of drug-likeness (QED) is 0.845. The second-order valence-corrected chi connectivity index (χ2v) is 6.55. The van der Waals surface area contributed by atoms with Crippen LogP contribution in [0.15, 0.2) is 30.3 Å². The van der Waals surface area contributed by atoms with Crippen LogP contribution in [-0.2, 0) is 0 Å². The maximum Gasteiger partial charge on any atom is 0.0431 e. The van der Waals surface area contributed by atoms with Gasteiger partial charge in [-0.3, -0.25) is 0 Å². The molecule has 0 radical (unpaired) electrons. The first-order valence-electron chi connectivity index (χ1n) is 8.52. The van der Waals surface area contributed by atoms with Crippen molar-refractivity contribution in [1.82, 2.24) is 10.2 Å². The van der Waals surface area contributed by atoms with E-state index in [1.54, 1.807) is 0 Å². The van der Waals surface area contributed by atoms with Gasteiger partial charge in [0.15, 0.2) is 0 Å². The monoisotopic (exact) mass is 288 g/mol. The molecule has 3 nitrogen and oxygen atoms in total. The number of nitrogens with one attached hydrogen (secondary N) is 1. The Morgan fingerprint density at radius 3 is 2.86 bits per heavy atom. The van der Waals surface area contributed by atoms with E-state index in [0.29, 0.717) is 12.1 Å². The third-order valence-electron chi connectivity index (χ3n) is 5.11. The Bertz CT molecular complexity index is 422. The summed E-state index contributed by atoms with van der Waals surface area (Å²) in [5, 5.41) is 13.0. The topological polar surface area (TPSA) is 35.5 Å². The first kappa shape index (κ1) is 15.0. The van der Waals surface area contributed by atoms with E-state index >= 15 is 0 Å². The van der Waals surface area contributed by atoms with E-state index in [9.17, 15) is 0 Å². The molecule has 2 heterocycles. The molecule has 0 spiro atoms. The molecule has 2 saturated heterocycles. The van der Waals surface area contributed by atoms with Crippen LogP contribution in [0.4, 0.5) is 0 Å². The molecule has 3 atom stereocenters. The van der Waals surface area contributed by atoms with Gasteiger partial charge in [0.05, 0.1) is 0 Å². The van der Waals surface area contributed by atoms with Crippen molar-refractivity contribution in [3.63, 3.8) is 0 Å². The zero-order valence-electron chi connectivity index (χ0n) is 12.9. The summed E-state index contributed by atoms with van der Waals surface area (Å²) in [6.07, 6.45) is 7.20. The van der Waals surface area contributed by atoms with Crippen molar-refractivity contribution in [1.29, 1.82) is 0 Å². The smallest absolute Gasteiger partial charge is 0.0431 e. The SMILES string of the molecule is OCCCC(NC1CCN2CCCC2C1)c1ccccc1. The van der Waals surface area contributed by atoms with Gasteiger partial charge in [-0.1, -0.05) is 30.3 Å². The fourth-order valence-electron chi connectivity index (χ4n) is 3.99. The molecule has 2 aliphatic rings. The van der Waals surface area contributed by atoms with E-state index in [1.807, 2.05) is 0 Å². The molecular formula is C18H28N2O. The molecule has 3 rings (SSSR count). The van der Waals surface area contributed by atoms with Gasteiger partial charge in [0.25, 0.3) is 0 Å². The van der Waals surface area contributed by atoms with Crippen molar-refractivity contribution in [2.24, 2.45) is 0 Å². The Labute approximate surface area is 128 Å². The first-order valence-corrected chi connectivity index (χ1v) is 8.52. The molecule has 0 aliphatic carbocycles. The van der Waals surface area contributed by atoms with Crippen molar-refractivity contribution in [3.8, 4) is 0 Å². The van der Waals surface area contributed by atoms with Crippen LogP contribution in [0, 0.1) is 0 Å². The fourth-order valence-corrected chi connectivity index (χ4v) is 3.99. The predicted molar refractivity (Wildman–Crippen MR) is 86.3 cm³/mol. The van der Waals surface area contributed by atoms with Crippen LogP contribution in [0.1, 0.15) is 50.1 Å². The highest BCUT2D eigenvalue weighted by Crippen LogP contribution is 2.29. The van der Waals surface area contributed by atoms with Crippen molar-refractivity contribution in [3.05, 3.63) is 35.9 Å². The van der Waals surface area contributed by atoms with E-state index in [0.717, 1.165) is 18.9 Å². The molecule has 21 heavy (non-hydrogen) atoms. The zero-order chi connectivity index (χ0) is 14.5. The van der Waals surface area contributed by atoms with Crippen molar-refractivity contribution in [2.75, 3.05) is 19.7 Å². The number of rotatable bonds is 6. The standard InChI is InChI=1S/C18H28N2O/c21-13-5-9-18(15-6-2-1-3-7-15)19-16-10-12-20-11-4-8-17(20)14-16/h1-3,6-7,16-19,21H,4-5,8-14H2. The van der Waals surface area contributed by atoms with Crippen molar-refractivity contribution >= 4 is 0 Å². The molecule has 3 unspecified atom stereocenters. The average Bonchev–Trinajstić information content (AvgIpc) is 3.00. The number of aliphatic hydroxyl groups is 1. The maximum atomic E-state index is 9.16. The van der Waals surface area contributed by atoms with Crippen LogP contribution in [0.25, 0.3) is 0 Å². The molecule has 0 amide bonds. The summed E-state index contributed by atoms with van der Waals surface area (Å²) < 4.78 is 0. The van der Waals surface area contributed by atoms with Gasteiger partial charge >= 0.3 is 0 Å². The summed E-state index contributed by atoms with van der Waals surface area (Å²) in [5.41, 5.74) is 1.36. The summed E-state index contributed by atoms with van der Waals surface area (Å²) in [4.78, 5) is 2.67. The molecule has 0 saturated carbocycles. The minimum absolute atomic E-state index is 0.284. The summed E-state index contributed by atoms with van der Waals surface area (Å²) in [7, 11) is 0. The van der Waals surface area contributed by atoms with Crippen LogP contribution in [0.5, 0.6) is 0 Å². The number of hydrogen-bond acceptors (Lipinski definition) is 3. The predicted octanol–water partition coefficient (Wildman–Crippen LogP) is 2.72. The van der Waals surface area contributed by atoms with Gasteiger partial charge in [-0.2, -0.15) is 0 Å². The molecule has 1 aromatic carbocycles. The molecule has 3 heteroatoms. The molecule has 2 aliphatic heterocycles. The van der Waals surface area contributed by atoms with Gasteiger partial charge in [-0.05, 0) is 57.2 Å². The van der Waals surface area contributed by atoms with Crippen LogP contribution in [0.2, 0.25) is 0 Å². The highest BCUT2D eigenvalue weighted by atomic mass is 16.2. The second kappa shape index (κ2) is 7.39. The third kappa shape index (κ3) is 3.85. The lowest BCUT2D eigenvalue weighted by Crippen LogP contribution is -2.46. The van der Waals surface area contributed by atoms with E-state index in [-0.39, 0.29) is 6.61 Å². The summed E-state index contributed by atoms with van der Waals surface area (Å²) in [6.45, 7) is 2.85. The van der Waals surface area contributed by atoms with Gasteiger partial charge < -0.3 is 15.3 Å². The maximum absolute atomic E-state index is 9.16. The second-order valence-electron chi connectivity index (χ2n) is 6.55. The number of benzene rings is 1. The van der Waals surface area contributed by atoms with Gasteiger partial charge in [0.2, 0.25) is 0 Å². The Hall–Kier alpha value is -0.900. The average molecular weight is 288 g/mol. The number of fused-ring (bicyclic) bond motifs is 1. The Kier molecular flexibility index (Phi) is 5.28. The normalized spacial score (nSPS) is 27.5. The van der Waals surface area contributed by atoms with E-state index in [2.05, 4.69) is 40.5 Å². The van der Waals surface area contributed by atoms with Crippen molar-refractivity contribution < 1.29 is 5.11 Å². The minimum Gasteiger partial charge on any atom is -0.396 e. The number of hydrogen-bond donors (Lipinski definition) is 2. The molecule has 2 N–H and O–H groups in total. The Morgan fingerprint density at radius 2 is 2.05 bits per heavy atom. The molecule has 0 aromatic heterocycles. The van der Waals surface area contributed by atoms with E-state index in [1.165, 1.54) is 44.3 Å². The van der Waals surface area contributed by atoms with Crippen LogP contribution in [-0.4, -0.2) is 41.8 Å². The van der Waals surface area contributed by atoms with Gasteiger partial charge in [0, 0.05) is 24.7 Å². The van der Waals surface area contributed by atoms with Crippen LogP contribution >= 0.6 is 0 Å². The van der Waals surface area contributed by atoms with Crippen LogP contribution < -0.4 is 5.32 Å². The zero-order valence-corrected chi connectivity index (χ0v) is 12.9. The Balaban J connectivity index is 1.61. The van der Waals surface area contributed by atoms with Crippen molar-refractivity contribution in [2.45, 2.75) is 56.7 Å². The first-order chi connectivity index (χ1) is 10.4. The van der Waals surface area contributed by atoms with Gasteiger partial charge in [0.1, 0.15) is 0 Å². The lowest BCUT2D eigenvalue weighted by atomic mass is 9.94. The number of piperidine rings is 1. The highest BCUT2D eigenvalue weighted by molar-refractivity contribution is 5.19. The highest BCUT2D eigenvalue weighted by Gasteiger charge is 2.32. The summed E-state index contributed by atoms with van der Waals surface area (Å²) in [5.74, 6) is 0. The fraction of sp³-hybridized carbons (Fsp3) is 0.667. The Morgan fingerprint density at radius 1 is 1.19 bits per heavy atom. The lowest BCUT2D eigenvalue weighted by Gasteiger charge is -2.37.